The molecule has 1 aliphatic heterocycles. The maximum Gasteiger partial charge on any atom is 0.243 e. The fourth-order valence-corrected chi connectivity index (χ4v) is 7.47. The van der Waals surface area contributed by atoms with E-state index >= 15 is 0 Å². The van der Waals surface area contributed by atoms with Gasteiger partial charge < -0.3 is 35.5 Å². The molecule has 3 heterocycles. The topological polar surface area (TPSA) is 202 Å². The molecule has 1 saturated heterocycles. The number of carbonyl (C=O) groups is 5. The van der Waals surface area contributed by atoms with Crippen LogP contribution in [-0.2, 0) is 46.4 Å². The zero-order chi connectivity index (χ0) is 39.6. The van der Waals surface area contributed by atoms with Crippen LogP contribution in [0, 0.1) is 5.41 Å². The van der Waals surface area contributed by atoms with E-state index in [-0.39, 0.29) is 49.9 Å². The molecule has 4 amide bonds. The Morgan fingerprint density at radius 2 is 1.79 bits per heavy atom. The number of carbonyl (C=O) groups excluding carboxylic acids is 5. The van der Waals surface area contributed by atoms with Gasteiger partial charge in [-0.3, -0.25) is 34.2 Å². The lowest BCUT2D eigenvalue weighted by Gasteiger charge is -2.35. The highest BCUT2D eigenvalue weighted by Crippen LogP contribution is 2.39. The molecular weight excluding hydrogens is 741 g/mol. The number of likely N-dealkylation sites (N-methyl/N-ethyl adjacent to an activating group) is 1. The molecule has 1 saturated carbocycles. The molecule has 17 heteroatoms. The number of aromatic nitrogens is 2. The first-order chi connectivity index (χ1) is 27.3. The summed E-state index contributed by atoms with van der Waals surface area (Å²) in [6.45, 7) is 2.55. The number of nitrogens with zero attached hydrogens (tertiary/aromatic N) is 3. The van der Waals surface area contributed by atoms with Crippen molar-refractivity contribution in [1.82, 2.24) is 30.8 Å². The van der Waals surface area contributed by atoms with E-state index in [1.165, 1.54) is 11.3 Å². The van der Waals surface area contributed by atoms with E-state index in [1.807, 2.05) is 23.6 Å². The summed E-state index contributed by atoms with van der Waals surface area (Å²) >= 11 is 1.50. The molecule has 3 aromatic rings. The molecule has 1 atom stereocenters. The molecule has 1 aliphatic carbocycles. The Balaban J connectivity index is 0.914. The lowest BCUT2D eigenvalue weighted by atomic mass is 9.70. The summed E-state index contributed by atoms with van der Waals surface area (Å²) in [7, 11) is 1.74. The van der Waals surface area contributed by atoms with Gasteiger partial charge in [0.15, 0.2) is 5.13 Å². The Morgan fingerprint density at radius 1 is 1.02 bits per heavy atom. The quantitative estimate of drug-likeness (QED) is 0.0406. The second-order valence-corrected chi connectivity index (χ2v) is 14.8. The number of anilines is 3. The summed E-state index contributed by atoms with van der Waals surface area (Å²) < 4.78 is 16.8. The molecule has 1 aromatic carbocycles. The number of imide groups is 1. The first-order valence-electron chi connectivity index (χ1n) is 19.0. The molecule has 2 aromatic heterocycles. The van der Waals surface area contributed by atoms with Crippen LogP contribution in [0.5, 0.6) is 0 Å². The van der Waals surface area contributed by atoms with Crippen molar-refractivity contribution in [3.63, 3.8) is 0 Å². The lowest BCUT2D eigenvalue weighted by molar-refractivity contribution is -0.137. The first-order valence-corrected chi connectivity index (χ1v) is 19.9. The molecule has 1 unspecified atom stereocenters. The van der Waals surface area contributed by atoms with Gasteiger partial charge in [0.2, 0.25) is 23.6 Å². The van der Waals surface area contributed by atoms with Crippen molar-refractivity contribution in [2.75, 3.05) is 70.5 Å². The SMILES string of the molecule is CN(Cc1c(C=O)cccc1NC(=O)CNCCOCCOCCOCNC(=O)C1(Cc2cccc(Nc3nccs3)n2)CCCCC1)C1CCC(=O)NC1=O. The maximum atomic E-state index is 13.5. The van der Waals surface area contributed by atoms with Crippen LogP contribution in [0.3, 0.4) is 0 Å². The minimum Gasteiger partial charge on any atom is -0.378 e. The van der Waals surface area contributed by atoms with Gasteiger partial charge in [0.25, 0.3) is 0 Å². The van der Waals surface area contributed by atoms with Crippen molar-refractivity contribution >= 4 is 57.9 Å². The Labute approximate surface area is 330 Å². The molecule has 0 spiro atoms. The largest absolute Gasteiger partial charge is 0.378 e. The van der Waals surface area contributed by atoms with Gasteiger partial charge in [-0.15, -0.1) is 11.3 Å². The number of thiazole rings is 1. The van der Waals surface area contributed by atoms with Crippen LogP contribution in [0.15, 0.2) is 48.0 Å². The van der Waals surface area contributed by atoms with Gasteiger partial charge in [0.1, 0.15) is 18.8 Å². The van der Waals surface area contributed by atoms with E-state index in [2.05, 4.69) is 31.6 Å². The van der Waals surface area contributed by atoms with Crippen molar-refractivity contribution in [2.24, 2.45) is 5.41 Å². The van der Waals surface area contributed by atoms with Crippen LogP contribution < -0.4 is 26.6 Å². The number of pyridine rings is 1. The van der Waals surface area contributed by atoms with Crippen molar-refractivity contribution < 1.29 is 38.2 Å². The van der Waals surface area contributed by atoms with E-state index in [4.69, 9.17) is 19.2 Å². The maximum absolute atomic E-state index is 13.5. The van der Waals surface area contributed by atoms with Crippen LogP contribution in [0.1, 0.15) is 66.6 Å². The molecule has 2 fully saturated rings. The van der Waals surface area contributed by atoms with Crippen molar-refractivity contribution in [1.29, 1.82) is 0 Å². The predicted molar refractivity (Wildman–Crippen MR) is 210 cm³/mol. The number of amides is 4. The summed E-state index contributed by atoms with van der Waals surface area (Å²) in [5, 5.41) is 17.1. The summed E-state index contributed by atoms with van der Waals surface area (Å²) in [5.74, 6) is -0.274. The highest BCUT2D eigenvalue weighted by atomic mass is 32.1. The van der Waals surface area contributed by atoms with Gasteiger partial charge in [-0.1, -0.05) is 37.5 Å². The predicted octanol–water partition coefficient (Wildman–Crippen LogP) is 3.18. The number of piperidine rings is 1. The van der Waals surface area contributed by atoms with Gasteiger partial charge in [-0.2, -0.15) is 0 Å². The van der Waals surface area contributed by atoms with Crippen molar-refractivity contribution in [3.8, 4) is 0 Å². The van der Waals surface area contributed by atoms with E-state index < -0.39 is 11.5 Å². The Hall–Kier alpha value is -4.65. The van der Waals surface area contributed by atoms with Crippen LogP contribution in [0.4, 0.5) is 16.6 Å². The van der Waals surface area contributed by atoms with E-state index in [0.717, 1.165) is 42.9 Å². The van der Waals surface area contributed by atoms with E-state index in [1.54, 1.807) is 36.3 Å². The molecule has 302 valence electrons. The smallest absolute Gasteiger partial charge is 0.243 e. The number of nitrogens with one attached hydrogen (secondary N) is 5. The molecule has 16 nitrogen and oxygen atoms in total. The molecule has 5 rings (SSSR count). The Bertz CT molecular complexity index is 1750. The van der Waals surface area contributed by atoms with Gasteiger partial charge >= 0.3 is 0 Å². The standard InChI is InChI=1S/C39H52N8O8S/c1-47(32-11-12-34(49)46-36(32)51)25-30-28(26-48)7-5-9-31(30)44-35(50)24-40-15-17-53-18-19-54-20-21-55-27-42-37(52)39(13-3-2-4-14-39)23-29-8-6-10-33(43-29)45-38-41-16-22-56-38/h5-10,16,22,26,32,40H,2-4,11-15,17-21,23-25,27H2,1H3,(H,42,52)(H,44,50)(H,41,43,45)(H,46,49,51). The number of hydrogen-bond acceptors (Lipinski definition) is 14. The molecule has 2 aliphatic rings. The zero-order valence-corrected chi connectivity index (χ0v) is 32.6. The lowest BCUT2D eigenvalue weighted by Crippen LogP contribution is -2.51. The van der Waals surface area contributed by atoms with Crippen molar-refractivity contribution in [3.05, 3.63) is 64.8 Å². The highest BCUT2D eigenvalue weighted by molar-refractivity contribution is 7.13. The summed E-state index contributed by atoms with van der Waals surface area (Å²) in [4.78, 5) is 72.6. The number of aldehydes is 1. The first kappa shape index (κ1) is 42.5. The number of ether oxygens (including phenoxy) is 3. The third-order valence-electron chi connectivity index (χ3n) is 9.84. The minimum atomic E-state index is -0.522. The van der Waals surface area contributed by atoms with Gasteiger partial charge in [-0.25, -0.2) is 9.97 Å². The highest BCUT2D eigenvalue weighted by Gasteiger charge is 2.40. The third kappa shape index (κ3) is 13.0. The molecule has 0 bridgehead atoms. The average molecular weight is 793 g/mol. The molecule has 0 radical (unpaired) electrons. The molecule has 5 N–H and O–H groups in total. The van der Waals surface area contributed by atoms with Crippen molar-refractivity contribution in [2.45, 2.75) is 64.0 Å². The summed E-state index contributed by atoms with van der Waals surface area (Å²) in [6.07, 6.45) is 8.37. The van der Waals surface area contributed by atoms with Crippen LogP contribution >= 0.6 is 11.3 Å². The zero-order valence-electron chi connectivity index (χ0n) is 31.8. The van der Waals surface area contributed by atoms with Gasteiger partial charge in [0, 0.05) is 60.0 Å². The van der Waals surface area contributed by atoms with Crippen LogP contribution in [0.2, 0.25) is 0 Å². The molecular formula is C39H52N8O8S. The fourth-order valence-electron chi connectivity index (χ4n) is 6.93. The fraction of sp³-hybridized carbons (Fsp3) is 0.513. The van der Waals surface area contributed by atoms with E-state index in [9.17, 15) is 24.0 Å². The second-order valence-electron chi connectivity index (χ2n) is 13.9. The second kappa shape index (κ2) is 22.2. The normalized spacial score (nSPS) is 16.6. The monoisotopic (exact) mass is 792 g/mol. The summed E-state index contributed by atoms with van der Waals surface area (Å²) in [5.41, 5.74) is 1.81. The molecule has 56 heavy (non-hydrogen) atoms. The van der Waals surface area contributed by atoms with Gasteiger partial charge in [0.05, 0.1) is 51.0 Å². The Morgan fingerprint density at radius 3 is 2.54 bits per heavy atom. The van der Waals surface area contributed by atoms with E-state index in [0.29, 0.717) is 81.3 Å². The number of hydrogen-bond donors (Lipinski definition) is 5. The number of benzene rings is 1. The van der Waals surface area contributed by atoms with Gasteiger partial charge in [-0.05, 0) is 44.5 Å². The summed E-state index contributed by atoms with van der Waals surface area (Å²) in [6, 6.07) is 10.3. The minimum absolute atomic E-state index is 0.00980. The third-order valence-corrected chi connectivity index (χ3v) is 10.5. The Kier molecular flexibility index (Phi) is 16.8. The number of rotatable bonds is 23. The average Bonchev–Trinajstić information content (AvgIpc) is 3.70. The van der Waals surface area contributed by atoms with Crippen LogP contribution in [-0.4, -0.2) is 111 Å². The van der Waals surface area contributed by atoms with Crippen LogP contribution in [0.25, 0.3) is 0 Å².